The van der Waals surface area contributed by atoms with Gasteiger partial charge in [0.2, 0.25) is 0 Å². The number of aryl methyl sites for hydroxylation is 1. The lowest BCUT2D eigenvalue weighted by atomic mass is 9.83. The van der Waals surface area contributed by atoms with E-state index in [9.17, 15) is 5.11 Å². The molecule has 1 aromatic rings. The fourth-order valence-electron chi connectivity index (χ4n) is 3.76. The van der Waals surface area contributed by atoms with Gasteiger partial charge >= 0.3 is 0 Å². The Bertz CT molecular complexity index is 480. The van der Waals surface area contributed by atoms with Crippen molar-refractivity contribution in [3.05, 3.63) is 29.3 Å². The first kappa shape index (κ1) is 14.9. The van der Waals surface area contributed by atoms with Gasteiger partial charge in [-0.15, -0.1) is 0 Å². The number of benzene rings is 1. The van der Waals surface area contributed by atoms with Crippen molar-refractivity contribution in [1.82, 2.24) is 5.32 Å². The molecule has 0 saturated heterocycles. The average molecular weight is 289 g/mol. The first-order chi connectivity index (χ1) is 10.2. The fourth-order valence-corrected chi connectivity index (χ4v) is 3.76. The molecule has 3 rings (SSSR count). The van der Waals surface area contributed by atoms with Gasteiger partial charge in [0.1, 0.15) is 5.75 Å². The summed E-state index contributed by atoms with van der Waals surface area (Å²) in [5.74, 6) is 0.945. The Balaban J connectivity index is 1.58. The normalized spacial score (nSPS) is 24.4. The van der Waals surface area contributed by atoms with Crippen LogP contribution in [-0.4, -0.2) is 30.4 Å². The standard InChI is InChI=1S/C18H27NO2/c1-21-17-8-6-14-5-7-16(11-15(14)12-17)19-13-18(20)9-3-2-4-10-18/h6,8,12,16,19-20H,2-5,7,9-11,13H2,1H3. The van der Waals surface area contributed by atoms with Crippen molar-refractivity contribution >= 4 is 0 Å². The summed E-state index contributed by atoms with van der Waals surface area (Å²) < 4.78 is 5.33. The number of ether oxygens (including phenoxy) is 1. The Morgan fingerprint density at radius 2 is 2.05 bits per heavy atom. The molecule has 0 bridgehead atoms. The van der Waals surface area contributed by atoms with Crippen molar-refractivity contribution in [3.8, 4) is 5.75 Å². The number of hydrogen-bond acceptors (Lipinski definition) is 3. The molecule has 0 spiro atoms. The third-order valence-electron chi connectivity index (χ3n) is 5.15. The van der Waals surface area contributed by atoms with Crippen LogP contribution in [0.4, 0.5) is 0 Å². The molecule has 0 aromatic heterocycles. The summed E-state index contributed by atoms with van der Waals surface area (Å²) in [5, 5.41) is 14.2. The fraction of sp³-hybridized carbons (Fsp3) is 0.667. The van der Waals surface area contributed by atoms with Crippen LogP contribution in [0.1, 0.15) is 49.7 Å². The predicted octanol–water partition coefficient (Wildman–Crippen LogP) is 2.84. The Labute approximate surface area is 127 Å². The van der Waals surface area contributed by atoms with Crippen LogP contribution in [0.3, 0.4) is 0 Å². The topological polar surface area (TPSA) is 41.5 Å². The maximum absolute atomic E-state index is 10.6. The van der Waals surface area contributed by atoms with Crippen LogP contribution < -0.4 is 10.1 Å². The second-order valence-corrected chi connectivity index (χ2v) is 6.74. The van der Waals surface area contributed by atoms with Crippen LogP contribution in [0.2, 0.25) is 0 Å². The van der Waals surface area contributed by atoms with Gasteiger partial charge in [0.25, 0.3) is 0 Å². The SMILES string of the molecule is COc1ccc2c(c1)CC(NCC1(O)CCCCC1)CC2. The Kier molecular flexibility index (Phi) is 4.51. The van der Waals surface area contributed by atoms with E-state index in [0.29, 0.717) is 6.04 Å². The molecule has 0 heterocycles. The lowest BCUT2D eigenvalue weighted by Gasteiger charge is -2.35. The van der Waals surface area contributed by atoms with Gasteiger partial charge in [0, 0.05) is 12.6 Å². The van der Waals surface area contributed by atoms with Gasteiger partial charge in [0.15, 0.2) is 0 Å². The van der Waals surface area contributed by atoms with Gasteiger partial charge in [-0.1, -0.05) is 25.3 Å². The molecule has 116 valence electrons. The highest BCUT2D eigenvalue weighted by Gasteiger charge is 2.30. The molecule has 2 aliphatic carbocycles. The minimum atomic E-state index is -0.465. The molecule has 3 nitrogen and oxygen atoms in total. The summed E-state index contributed by atoms with van der Waals surface area (Å²) in [5.41, 5.74) is 2.38. The molecule has 0 aliphatic heterocycles. The second-order valence-electron chi connectivity index (χ2n) is 6.74. The number of hydrogen-bond donors (Lipinski definition) is 2. The zero-order valence-electron chi connectivity index (χ0n) is 13.0. The molecule has 21 heavy (non-hydrogen) atoms. The molecule has 1 aromatic carbocycles. The van der Waals surface area contributed by atoms with Crippen LogP contribution in [0.5, 0.6) is 5.75 Å². The van der Waals surface area contributed by atoms with Gasteiger partial charge < -0.3 is 15.2 Å². The predicted molar refractivity (Wildman–Crippen MR) is 84.8 cm³/mol. The molecule has 2 aliphatic rings. The third-order valence-corrected chi connectivity index (χ3v) is 5.15. The summed E-state index contributed by atoms with van der Waals surface area (Å²) in [6.45, 7) is 0.747. The highest BCUT2D eigenvalue weighted by Crippen LogP contribution is 2.29. The van der Waals surface area contributed by atoms with Crippen molar-refractivity contribution in [2.45, 2.75) is 63.0 Å². The van der Waals surface area contributed by atoms with Crippen molar-refractivity contribution in [2.75, 3.05) is 13.7 Å². The van der Waals surface area contributed by atoms with E-state index >= 15 is 0 Å². The monoisotopic (exact) mass is 289 g/mol. The van der Waals surface area contributed by atoms with E-state index in [1.807, 2.05) is 0 Å². The van der Waals surface area contributed by atoms with E-state index in [2.05, 4.69) is 23.5 Å². The molecule has 3 heteroatoms. The quantitative estimate of drug-likeness (QED) is 0.895. The number of methoxy groups -OCH3 is 1. The van der Waals surface area contributed by atoms with Gasteiger partial charge in [-0.2, -0.15) is 0 Å². The summed E-state index contributed by atoms with van der Waals surface area (Å²) in [7, 11) is 1.72. The van der Waals surface area contributed by atoms with Gasteiger partial charge in [-0.05, 0) is 55.4 Å². The Morgan fingerprint density at radius 3 is 2.81 bits per heavy atom. The minimum Gasteiger partial charge on any atom is -0.497 e. The van der Waals surface area contributed by atoms with E-state index in [0.717, 1.165) is 44.4 Å². The lowest BCUT2D eigenvalue weighted by Crippen LogP contribution is -2.47. The summed E-state index contributed by atoms with van der Waals surface area (Å²) in [4.78, 5) is 0. The Hall–Kier alpha value is -1.06. The van der Waals surface area contributed by atoms with Crippen molar-refractivity contribution in [2.24, 2.45) is 0 Å². The van der Waals surface area contributed by atoms with Gasteiger partial charge in [-0.25, -0.2) is 0 Å². The smallest absolute Gasteiger partial charge is 0.119 e. The third kappa shape index (κ3) is 3.58. The van der Waals surface area contributed by atoms with Gasteiger partial charge in [-0.3, -0.25) is 0 Å². The molecule has 0 amide bonds. The average Bonchev–Trinajstić information content (AvgIpc) is 2.53. The van der Waals surface area contributed by atoms with Crippen molar-refractivity contribution in [1.29, 1.82) is 0 Å². The maximum atomic E-state index is 10.6. The van der Waals surface area contributed by atoms with E-state index in [1.54, 1.807) is 7.11 Å². The first-order valence-corrected chi connectivity index (χ1v) is 8.30. The van der Waals surface area contributed by atoms with Crippen LogP contribution in [0.15, 0.2) is 18.2 Å². The van der Waals surface area contributed by atoms with E-state index in [-0.39, 0.29) is 0 Å². The molecule has 0 radical (unpaired) electrons. The highest BCUT2D eigenvalue weighted by molar-refractivity contribution is 5.37. The largest absolute Gasteiger partial charge is 0.497 e. The van der Waals surface area contributed by atoms with E-state index < -0.39 is 5.60 Å². The van der Waals surface area contributed by atoms with E-state index in [1.165, 1.54) is 30.4 Å². The minimum absolute atomic E-state index is 0.465. The summed E-state index contributed by atoms with van der Waals surface area (Å²) in [6.07, 6.45) is 8.85. The molecule has 2 N–H and O–H groups in total. The molecule has 1 saturated carbocycles. The second kappa shape index (κ2) is 6.37. The van der Waals surface area contributed by atoms with Gasteiger partial charge in [0.05, 0.1) is 12.7 Å². The van der Waals surface area contributed by atoms with Crippen LogP contribution in [-0.2, 0) is 12.8 Å². The first-order valence-electron chi connectivity index (χ1n) is 8.30. The number of aliphatic hydroxyl groups is 1. The summed E-state index contributed by atoms with van der Waals surface area (Å²) >= 11 is 0. The van der Waals surface area contributed by atoms with Crippen LogP contribution in [0, 0.1) is 0 Å². The van der Waals surface area contributed by atoms with Crippen LogP contribution >= 0.6 is 0 Å². The number of rotatable bonds is 4. The lowest BCUT2D eigenvalue weighted by molar-refractivity contribution is 0.00230. The maximum Gasteiger partial charge on any atom is 0.119 e. The molecule has 1 unspecified atom stereocenters. The molecule has 1 atom stereocenters. The molecule has 1 fully saturated rings. The zero-order valence-corrected chi connectivity index (χ0v) is 13.0. The van der Waals surface area contributed by atoms with Crippen molar-refractivity contribution in [3.63, 3.8) is 0 Å². The zero-order chi connectivity index (χ0) is 14.7. The molecular formula is C18H27NO2. The van der Waals surface area contributed by atoms with Crippen LogP contribution in [0.25, 0.3) is 0 Å². The Morgan fingerprint density at radius 1 is 1.24 bits per heavy atom. The molecular weight excluding hydrogens is 262 g/mol. The van der Waals surface area contributed by atoms with Crippen molar-refractivity contribution < 1.29 is 9.84 Å². The highest BCUT2D eigenvalue weighted by atomic mass is 16.5. The number of fused-ring (bicyclic) bond motifs is 1. The van der Waals surface area contributed by atoms with E-state index in [4.69, 9.17) is 4.74 Å². The summed E-state index contributed by atoms with van der Waals surface area (Å²) in [6, 6.07) is 6.89. The number of nitrogens with one attached hydrogen (secondary N) is 1.